The molecule has 1 N–H and O–H groups in total. The summed E-state index contributed by atoms with van der Waals surface area (Å²) in [5.74, 6) is 0.520. The Morgan fingerprint density at radius 2 is 1.81 bits per heavy atom. The molecule has 1 aliphatic heterocycles. The number of methoxy groups -OCH3 is 1. The summed E-state index contributed by atoms with van der Waals surface area (Å²) in [6.07, 6.45) is 2.27. The van der Waals surface area contributed by atoms with Gasteiger partial charge >= 0.3 is 0 Å². The quantitative estimate of drug-likeness (QED) is 0.711. The van der Waals surface area contributed by atoms with E-state index in [4.69, 9.17) is 4.74 Å². The number of fused-ring (bicyclic) bond motifs is 1. The van der Waals surface area contributed by atoms with Crippen LogP contribution in [-0.2, 0) is 6.42 Å². The number of benzene rings is 3. The Morgan fingerprint density at radius 3 is 2.63 bits per heavy atom. The second-order valence-corrected chi connectivity index (χ2v) is 6.62. The van der Waals surface area contributed by atoms with Crippen LogP contribution in [0, 0.1) is 0 Å². The first-order valence-corrected chi connectivity index (χ1v) is 9.15. The molecule has 0 bridgehead atoms. The number of rotatable bonds is 4. The fourth-order valence-electron chi connectivity index (χ4n) is 3.49. The third kappa shape index (κ3) is 3.65. The largest absolute Gasteiger partial charge is 0.497 e. The minimum Gasteiger partial charge on any atom is -0.497 e. The van der Waals surface area contributed by atoms with Gasteiger partial charge in [-0.15, -0.1) is 0 Å². The molecule has 1 amide bonds. The van der Waals surface area contributed by atoms with Crippen LogP contribution >= 0.6 is 0 Å². The van der Waals surface area contributed by atoms with Crippen molar-refractivity contribution in [2.75, 3.05) is 23.9 Å². The van der Waals surface area contributed by atoms with Crippen molar-refractivity contribution in [2.45, 2.75) is 12.8 Å². The molecule has 1 aliphatic rings. The first kappa shape index (κ1) is 17.2. The van der Waals surface area contributed by atoms with Gasteiger partial charge in [0.1, 0.15) is 5.75 Å². The van der Waals surface area contributed by atoms with Gasteiger partial charge in [0, 0.05) is 29.2 Å². The molecular formula is C23H22N2O2. The average molecular weight is 358 g/mol. The number of hydrogen-bond donors (Lipinski definition) is 1. The van der Waals surface area contributed by atoms with Crippen LogP contribution in [-0.4, -0.2) is 19.6 Å². The molecule has 4 rings (SSSR count). The van der Waals surface area contributed by atoms with E-state index in [1.807, 2.05) is 24.3 Å². The molecule has 3 aromatic rings. The number of anilines is 3. The van der Waals surface area contributed by atoms with Crippen LogP contribution in [0.2, 0.25) is 0 Å². The molecule has 1 heterocycles. The van der Waals surface area contributed by atoms with Crippen LogP contribution in [0.5, 0.6) is 5.75 Å². The molecule has 0 aromatic heterocycles. The van der Waals surface area contributed by atoms with Crippen molar-refractivity contribution in [2.24, 2.45) is 0 Å². The molecule has 0 atom stereocenters. The van der Waals surface area contributed by atoms with Crippen LogP contribution in [0.4, 0.5) is 17.1 Å². The van der Waals surface area contributed by atoms with Crippen LogP contribution < -0.4 is 15.0 Å². The molecular weight excluding hydrogens is 336 g/mol. The number of carbonyl (C=O) groups excluding carboxylic acids is 1. The molecule has 0 aliphatic carbocycles. The van der Waals surface area contributed by atoms with E-state index in [-0.39, 0.29) is 5.91 Å². The van der Waals surface area contributed by atoms with Crippen LogP contribution in [0.3, 0.4) is 0 Å². The summed E-state index contributed by atoms with van der Waals surface area (Å²) in [4.78, 5) is 14.8. The van der Waals surface area contributed by atoms with Gasteiger partial charge in [0.05, 0.1) is 7.11 Å². The van der Waals surface area contributed by atoms with Crippen molar-refractivity contribution >= 4 is 23.0 Å². The van der Waals surface area contributed by atoms with Crippen LogP contribution in [0.15, 0.2) is 72.8 Å². The number of amides is 1. The minimum absolute atomic E-state index is 0.148. The van der Waals surface area contributed by atoms with Gasteiger partial charge in [-0.1, -0.05) is 24.3 Å². The van der Waals surface area contributed by atoms with Crippen molar-refractivity contribution in [3.05, 3.63) is 83.9 Å². The predicted molar refractivity (Wildman–Crippen MR) is 109 cm³/mol. The third-order valence-electron chi connectivity index (χ3n) is 4.88. The van der Waals surface area contributed by atoms with E-state index < -0.39 is 0 Å². The molecule has 0 spiro atoms. The maximum absolute atomic E-state index is 12.5. The molecule has 0 radical (unpaired) electrons. The maximum atomic E-state index is 12.5. The summed E-state index contributed by atoms with van der Waals surface area (Å²) in [6.45, 7) is 1.01. The lowest BCUT2D eigenvalue weighted by Crippen LogP contribution is -2.24. The molecule has 0 unspecified atom stereocenters. The summed E-state index contributed by atoms with van der Waals surface area (Å²) >= 11 is 0. The summed E-state index contributed by atoms with van der Waals surface area (Å²) < 4.78 is 5.18. The smallest absolute Gasteiger partial charge is 0.255 e. The van der Waals surface area contributed by atoms with Crippen LogP contribution in [0.1, 0.15) is 22.3 Å². The molecule has 4 heteroatoms. The fraction of sp³-hybridized carbons (Fsp3) is 0.174. The highest BCUT2D eigenvalue weighted by atomic mass is 16.5. The van der Waals surface area contributed by atoms with E-state index in [9.17, 15) is 4.79 Å². The predicted octanol–water partition coefficient (Wildman–Crippen LogP) is 5.03. The van der Waals surface area contributed by atoms with Gasteiger partial charge < -0.3 is 15.0 Å². The number of para-hydroxylation sites is 1. The number of nitrogens with zero attached hydrogens (tertiary/aromatic N) is 1. The van der Waals surface area contributed by atoms with Gasteiger partial charge in [-0.2, -0.15) is 0 Å². The summed E-state index contributed by atoms with van der Waals surface area (Å²) in [6, 6.07) is 23.7. The number of aryl methyl sites for hydroxylation is 1. The van der Waals surface area contributed by atoms with Crippen LogP contribution in [0.25, 0.3) is 0 Å². The fourth-order valence-corrected chi connectivity index (χ4v) is 3.49. The van der Waals surface area contributed by atoms with Crippen molar-refractivity contribution in [1.29, 1.82) is 0 Å². The maximum Gasteiger partial charge on any atom is 0.255 e. The van der Waals surface area contributed by atoms with Gasteiger partial charge in [0.15, 0.2) is 0 Å². The van der Waals surface area contributed by atoms with E-state index in [0.717, 1.165) is 30.8 Å². The number of nitrogens with one attached hydrogen (secondary N) is 1. The summed E-state index contributed by atoms with van der Waals surface area (Å²) in [5, 5.41) is 2.95. The van der Waals surface area contributed by atoms with Crippen molar-refractivity contribution in [3.8, 4) is 5.75 Å². The Balaban J connectivity index is 1.50. The Hall–Kier alpha value is -3.27. The van der Waals surface area contributed by atoms with Crippen molar-refractivity contribution in [3.63, 3.8) is 0 Å². The van der Waals surface area contributed by atoms with E-state index in [0.29, 0.717) is 11.3 Å². The second kappa shape index (κ2) is 7.54. The lowest BCUT2D eigenvalue weighted by atomic mass is 10.0. The Morgan fingerprint density at radius 1 is 1.00 bits per heavy atom. The number of ether oxygens (including phenoxy) is 1. The molecule has 27 heavy (non-hydrogen) atoms. The number of hydrogen-bond acceptors (Lipinski definition) is 3. The second-order valence-electron chi connectivity index (χ2n) is 6.62. The van der Waals surface area contributed by atoms with E-state index in [1.165, 1.54) is 11.3 Å². The van der Waals surface area contributed by atoms with E-state index in [2.05, 4.69) is 46.6 Å². The molecule has 3 aromatic carbocycles. The Bertz CT molecular complexity index is 951. The van der Waals surface area contributed by atoms with Gasteiger partial charge in [0.25, 0.3) is 5.91 Å². The summed E-state index contributed by atoms with van der Waals surface area (Å²) in [7, 11) is 1.59. The van der Waals surface area contributed by atoms with Gasteiger partial charge in [-0.3, -0.25) is 4.79 Å². The molecule has 136 valence electrons. The molecule has 0 saturated heterocycles. The first-order valence-electron chi connectivity index (χ1n) is 9.15. The Kier molecular flexibility index (Phi) is 4.79. The zero-order chi connectivity index (χ0) is 18.6. The number of carbonyl (C=O) groups is 1. The minimum atomic E-state index is -0.148. The highest BCUT2D eigenvalue weighted by Gasteiger charge is 2.17. The zero-order valence-electron chi connectivity index (χ0n) is 15.3. The average Bonchev–Trinajstić information content (AvgIpc) is 2.74. The van der Waals surface area contributed by atoms with Crippen molar-refractivity contribution < 1.29 is 9.53 Å². The van der Waals surface area contributed by atoms with E-state index in [1.54, 1.807) is 19.2 Å². The lowest BCUT2D eigenvalue weighted by molar-refractivity contribution is 0.102. The molecule has 0 saturated carbocycles. The Labute approximate surface area is 159 Å². The first-order chi connectivity index (χ1) is 13.2. The topological polar surface area (TPSA) is 41.6 Å². The molecule has 4 nitrogen and oxygen atoms in total. The highest BCUT2D eigenvalue weighted by molar-refractivity contribution is 6.04. The monoisotopic (exact) mass is 358 g/mol. The van der Waals surface area contributed by atoms with Gasteiger partial charge in [-0.25, -0.2) is 0 Å². The van der Waals surface area contributed by atoms with Gasteiger partial charge in [-0.05, 0) is 66.9 Å². The SMILES string of the molecule is COc1cccc(C(=O)Nc2ccc(N3CCCc4ccccc43)cc2)c1. The third-order valence-corrected chi connectivity index (χ3v) is 4.88. The van der Waals surface area contributed by atoms with Gasteiger partial charge in [0.2, 0.25) is 0 Å². The standard InChI is InChI=1S/C23H22N2O2/c1-27-21-9-4-7-18(16-21)23(26)24-19-11-13-20(14-12-19)25-15-5-8-17-6-2-3-10-22(17)25/h2-4,6-7,9-14,16H,5,8,15H2,1H3,(H,24,26). The zero-order valence-corrected chi connectivity index (χ0v) is 15.3. The highest BCUT2D eigenvalue weighted by Crippen LogP contribution is 2.33. The molecule has 0 fully saturated rings. The summed E-state index contributed by atoms with van der Waals surface area (Å²) in [5.41, 5.74) is 5.15. The van der Waals surface area contributed by atoms with Crippen molar-refractivity contribution in [1.82, 2.24) is 0 Å². The normalized spacial score (nSPS) is 13.0. The lowest BCUT2D eigenvalue weighted by Gasteiger charge is -2.31. The van der Waals surface area contributed by atoms with E-state index >= 15 is 0 Å².